The average Bonchev–Trinajstić information content (AvgIpc) is 3.11. The monoisotopic (exact) mass is 372 g/mol. The summed E-state index contributed by atoms with van der Waals surface area (Å²) in [7, 11) is 4.90. The Labute approximate surface area is 158 Å². The van der Waals surface area contributed by atoms with E-state index in [9.17, 15) is 9.59 Å². The lowest BCUT2D eigenvalue weighted by Gasteiger charge is -2.31. The molecular formula is C19H24N4O4. The number of piperidine rings is 1. The summed E-state index contributed by atoms with van der Waals surface area (Å²) in [6.07, 6.45) is 3.01. The summed E-state index contributed by atoms with van der Waals surface area (Å²) in [4.78, 5) is 27.0. The molecule has 0 saturated carbocycles. The highest BCUT2D eigenvalue weighted by molar-refractivity contribution is 5.96. The predicted octanol–water partition coefficient (Wildman–Crippen LogP) is 1.93. The first kappa shape index (κ1) is 18.8. The Balaban J connectivity index is 1.60. The van der Waals surface area contributed by atoms with Gasteiger partial charge in [0.25, 0.3) is 5.91 Å². The van der Waals surface area contributed by atoms with Crippen molar-refractivity contribution in [2.75, 3.05) is 32.6 Å². The molecule has 0 bridgehead atoms. The summed E-state index contributed by atoms with van der Waals surface area (Å²) in [5, 5.41) is 6.99. The highest BCUT2D eigenvalue weighted by Crippen LogP contribution is 2.25. The molecule has 1 fully saturated rings. The maximum Gasteiger partial charge on any atom is 0.254 e. The first-order valence-corrected chi connectivity index (χ1v) is 8.83. The van der Waals surface area contributed by atoms with Crippen LogP contribution in [0.1, 0.15) is 23.2 Å². The molecule has 144 valence electrons. The number of aromatic nitrogens is 2. The van der Waals surface area contributed by atoms with Crippen LogP contribution in [0.25, 0.3) is 0 Å². The van der Waals surface area contributed by atoms with E-state index in [2.05, 4.69) is 10.4 Å². The molecule has 0 atom stereocenters. The molecule has 1 saturated heterocycles. The second kappa shape index (κ2) is 8.11. The van der Waals surface area contributed by atoms with Gasteiger partial charge in [0.15, 0.2) is 5.82 Å². The van der Waals surface area contributed by atoms with E-state index in [1.807, 2.05) is 0 Å². The van der Waals surface area contributed by atoms with Gasteiger partial charge in [0.05, 0.1) is 14.2 Å². The number of carbonyl (C=O) groups is 2. The summed E-state index contributed by atoms with van der Waals surface area (Å²) in [5.74, 6) is 1.42. The molecule has 0 unspecified atom stereocenters. The van der Waals surface area contributed by atoms with Crippen molar-refractivity contribution in [1.29, 1.82) is 0 Å². The number of hydrogen-bond donors (Lipinski definition) is 1. The minimum absolute atomic E-state index is 0.0520. The fourth-order valence-corrected chi connectivity index (χ4v) is 3.17. The van der Waals surface area contributed by atoms with E-state index in [0.717, 1.165) is 0 Å². The Morgan fingerprint density at radius 3 is 2.26 bits per heavy atom. The molecule has 3 rings (SSSR count). The van der Waals surface area contributed by atoms with E-state index in [0.29, 0.717) is 48.8 Å². The van der Waals surface area contributed by atoms with Crippen LogP contribution in [0.4, 0.5) is 5.82 Å². The quantitative estimate of drug-likeness (QED) is 0.867. The maximum atomic E-state index is 12.8. The molecule has 0 spiro atoms. The van der Waals surface area contributed by atoms with Gasteiger partial charge in [-0.05, 0) is 25.0 Å². The van der Waals surface area contributed by atoms with Crippen LogP contribution in [0.2, 0.25) is 0 Å². The first-order chi connectivity index (χ1) is 13.0. The summed E-state index contributed by atoms with van der Waals surface area (Å²) in [5.41, 5.74) is 0.516. The average molecular weight is 372 g/mol. The third kappa shape index (κ3) is 4.39. The number of anilines is 1. The van der Waals surface area contributed by atoms with Crippen LogP contribution in [-0.4, -0.2) is 53.8 Å². The molecular weight excluding hydrogens is 348 g/mol. The number of ether oxygens (including phenoxy) is 2. The minimum atomic E-state index is -0.129. The van der Waals surface area contributed by atoms with Crippen LogP contribution >= 0.6 is 0 Å². The second-order valence-corrected chi connectivity index (χ2v) is 6.53. The number of nitrogens with zero attached hydrogens (tertiary/aromatic N) is 3. The number of nitrogens with one attached hydrogen (secondary N) is 1. The zero-order valence-electron chi connectivity index (χ0n) is 15.8. The Morgan fingerprint density at radius 1 is 1.11 bits per heavy atom. The molecule has 1 aliphatic heterocycles. The van der Waals surface area contributed by atoms with Gasteiger partial charge < -0.3 is 19.7 Å². The molecule has 2 aromatic rings. The third-order valence-corrected chi connectivity index (χ3v) is 4.72. The number of aryl methyl sites for hydroxylation is 1. The van der Waals surface area contributed by atoms with Crippen LogP contribution in [-0.2, 0) is 11.8 Å². The smallest absolute Gasteiger partial charge is 0.254 e. The third-order valence-electron chi connectivity index (χ3n) is 4.72. The topological polar surface area (TPSA) is 85.7 Å². The molecule has 1 N–H and O–H groups in total. The maximum absolute atomic E-state index is 12.8. The zero-order valence-corrected chi connectivity index (χ0v) is 15.8. The summed E-state index contributed by atoms with van der Waals surface area (Å²) >= 11 is 0. The lowest BCUT2D eigenvalue weighted by molar-refractivity contribution is -0.121. The lowest BCUT2D eigenvalue weighted by atomic mass is 9.95. The van der Waals surface area contributed by atoms with E-state index in [4.69, 9.17) is 9.47 Å². The molecule has 2 heterocycles. The van der Waals surface area contributed by atoms with Crippen molar-refractivity contribution in [3.63, 3.8) is 0 Å². The molecule has 1 aromatic carbocycles. The van der Waals surface area contributed by atoms with E-state index in [-0.39, 0.29) is 17.7 Å². The van der Waals surface area contributed by atoms with Crippen LogP contribution < -0.4 is 14.8 Å². The SMILES string of the molecule is COc1cc(OC)cc(C(=O)N2CCC(C(=O)Nc3ccn(C)n3)CC2)c1. The van der Waals surface area contributed by atoms with Crippen LogP contribution in [0.15, 0.2) is 30.5 Å². The van der Waals surface area contributed by atoms with E-state index >= 15 is 0 Å². The van der Waals surface area contributed by atoms with Crippen LogP contribution in [0, 0.1) is 5.92 Å². The van der Waals surface area contributed by atoms with Gasteiger partial charge in [-0.2, -0.15) is 5.10 Å². The molecule has 1 aliphatic rings. The van der Waals surface area contributed by atoms with Crippen molar-refractivity contribution < 1.29 is 19.1 Å². The molecule has 0 radical (unpaired) electrons. The summed E-state index contributed by atoms with van der Waals surface area (Å²) in [6.45, 7) is 1.05. The largest absolute Gasteiger partial charge is 0.497 e. The Kier molecular flexibility index (Phi) is 5.63. The van der Waals surface area contributed by atoms with Crippen molar-refractivity contribution in [3.8, 4) is 11.5 Å². The minimum Gasteiger partial charge on any atom is -0.497 e. The second-order valence-electron chi connectivity index (χ2n) is 6.53. The van der Waals surface area contributed by atoms with Gasteiger partial charge in [0.2, 0.25) is 5.91 Å². The predicted molar refractivity (Wildman–Crippen MR) is 100 cm³/mol. The molecule has 8 nitrogen and oxygen atoms in total. The van der Waals surface area contributed by atoms with Gasteiger partial charge in [-0.25, -0.2) is 0 Å². The molecule has 2 amide bonds. The van der Waals surface area contributed by atoms with Crippen molar-refractivity contribution in [2.45, 2.75) is 12.8 Å². The Hall–Kier alpha value is -3.03. The Bertz CT molecular complexity index is 803. The highest BCUT2D eigenvalue weighted by Gasteiger charge is 2.28. The van der Waals surface area contributed by atoms with Crippen molar-refractivity contribution >= 4 is 17.6 Å². The van der Waals surface area contributed by atoms with E-state index in [1.54, 1.807) is 61.3 Å². The molecule has 27 heavy (non-hydrogen) atoms. The lowest BCUT2D eigenvalue weighted by Crippen LogP contribution is -2.41. The fourth-order valence-electron chi connectivity index (χ4n) is 3.17. The standard InChI is InChI=1S/C19H24N4O4/c1-22-7-6-17(21-22)20-18(24)13-4-8-23(9-5-13)19(25)14-10-15(26-2)12-16(11-14)27-3/h6-7,10-13H,4-5,8-9H2,1-3H3,(H,20,21,24). The van der Waals surface area contributed by atoms with Crippen LogP contribution in [0.3, 0.4) is 0 Å². The van der Waals surface area contributed by atoms with Crippen molar-refractivity contribution in [2.24, 2.45) is 13.0 Å². The Morgan fingerprint density at radius 2 is 1.74 bits per heavy atom. The fraction of sp³-hybridized carbons (Fsp3) is 0.421. The molecule has 1 aromatic heterocycles. The number of carbonyl (C=O) groups excluding carboxylic acids is 2. The number of methoxy groups -OCH3 is 2. The van der Waals surface area contributed by atoms with Gasteiger partial charge in [-0.15, -0.1) is 0 Å². The van der Waals surface area contributed by atoms with Gasteiger partial charge in [0, 0.05) is 49.9 Å². The number of rotatable bonds is 5. The highest BCUT2D eigenvalue weighted by atomic mass is 16.5. The molecule has 0 aliphatic carbocycles. The van der Waals surface area contributed by atoms with Gasteiger partial charge >= 0.3 is 0 Å². The van der Waals surface area contributed by atoms with Gasteiger partial charge in [-0.3, -0.25) is 14.3 Å². The molecule has 8 heteroatoms. The van der Waals surface area contributed by atoms with Crippen LogP contribution in [0.5, 0.6) is 11.5 Å². The van der Waals surface area contributed by atoms with Crippen molar-refractivity contribution in [3.05, 3.63) is 36.0 Å². The number of likely N-dealkylation sites (tertiary alicyclic amines) is 1. The van der Waals surface area contributed by atoms with Gasteiger partial charge in [-0.1, -0.05) is 0 Å². The summed E-state index contributed by atoms with van der Waals surface area (Å²) < 4.78 is 12.1. The van der Waals surface area contributed by atoms with E-state index < -0.39 is 0 Å². The number of benzene rings is 1. The van der Waals surface area contributed by atoms with Crippen molar-refractivity contribution in [1.82, 2.24) is 14.7 Å². The summed E-state index contributed by atoms with van der Waals surface area (Å²) in [6, 6.07) is 6.88. The number of amides is 2. The zero-order chi connectivity index (χ0) is 19.4. The first-order valence-electron chi connectivity index (χ1n) is 8.83. The van der Waals surface area contributed by atoms with Gasteiger partial charge in [0.1, 0.15) is 11.5 Å². The normalized spacial score (nSPS) is 14.7. The van der Waals surface area contributed by atoms with E-state index in [1.165, 1.54) is 0 Å². The number of hydrogen-bond acceptors (Lipinski definition) is 5.